The van der Waals surface area contributed by atoms with Crippen LogP contribution < -0.4 is 26.0 Å². The van der Waals surface area contributed by atoms with Crippen LogP contribution in [0, 0.1) is 0 Å². The third-order valence-electron chi connectivity index (χ3n) is 3.68. The molecule has 0 spiro atoms. The molecule has 6 heteroatoms. The second-order valence-corrected chi connectivity index (χ2v) is 5.47. The molecule has 1 heterocycles. The lowest BCUT2D eigenvalue weighted by atomic mass is 10.2. The van der Waals surface area contributed by atoms with E-state index in [1.54, 1.807) is 0 Å². The van der Waals surface area contributed by atoms with Crippen LogP contribution in [0.2, 0.25) is 0 Å². The number of quaternary nitrogens is 1. The lowest BCUT2D eigenvalue weighted by molar-refractivity contribution is -0.557. The highest BCUT2D eigenvalue weighted by atomic mass is 16.5. The number of rotatable bonds is 8. The minimum Gasteiger partial charge on any atom is -0.489 e. The molecule has 2 rings (SSSR count). The molecule has 0 atom stereocenters. The van der Waals surface area contributed by atoms with Crippen molar-refractivity contribution in [3.63, 3.8) is 0 Å². The van der Waals surface area contributed by atoms with Crippen LogP contribution in [0.3, 0.4) is 0 Å². The largest absolute Gasteiger partial charge is 0.489 e. The Labute approximate surface area is 140 Å². The molecule has 0 bridgehead atoms. The Kier molecular flexibility index (Phi) is 8.29. The van der Waals surface area contributed by atoms with Crippen LogP contribution in [0.15, 0.2) is 30.6 Å². The fourth-order valence-electron chi connectivity index (χ4n) is 2.43. The summed E-state index contributed by atoms with van der Waals surface area (Å²) >= 11 is 0. The number of likely N-dealkylation sites (N-methyl/N-ethyl adjacent to an activating group) is 1. The Morgan fingerprint density at radius 2 is 2.26 bits per heavy atom. The zero-order chi connectivity index (χ0) is 15.8. The summed E-state index contributed by atoms with van der Waals surface area (Å²) in [5.41, 5.74) is 7.70. The van der Waals surface area contributed by atoms with E-state index in [4.69, 9.17) is 10.5 Å². The van der Waals surface area contributed by atoms with Crippen LogP contribution in [0.4, 0.5) is 11.4 Å². The van der Waals surface area contributed by atoms with Gasteiger partial charge in [-0.2, -0.15) is 0 Å². The second-order valence-electron chi connectivity index (χ2n) is 5.47. The molecule has 1 aliphatic heterocycles. The van der Waals surface area contributed by atoms with Crippen molar-refractivity contribution in [1.82, 2.24) is 10.2 Å². The highest BCUT2D eigenvalue weighted by molar-refractivity contribution is 5.65. The Bertz CT molecular complexity index is 492. The molecule has 23 heavy (non-hydrogen) atoms. The van der Waals surface area contributed by atoms with Gasteiger partial charge in [-0.15, -0.1) is 0 Å². The number of nitrogens with one attached hydrogen (secondary N) is 1. The molecule has 1 aromatic carbocycles. The number of anilines is 2. The van der Waals surface area contributed by atoms with Crippen molar-refractivity contribution in [2.24, 2.45) is 0 Å². The van der Waals surface area contributed by atoms with E-state index in [0.29, 0.717) is 0 Å². The number of nitrogens with two attached hydrogens (primary N) is 2. The van der Waals surface area contributed by atoms with Gasteiger partial charge in [-0.1, -0.05) is 7.43 Å². The number of hydrogen-bond donors (Lipinski definition) is 3. The molecular weight excluding hydrogens is 290 g/mol. The molecule has 130 valence electrons. The first-order chi connectivity index (χ1) is 10.7. The van der Waals surface area contributed by atoms with Gasteiger partial charge in [0.2, 0.25) is 0 Å². The molecule has 0 radical (unpaired) electrons. The minimum atomic E-state index is 0. The predicted octanol–water partition coefficient (Wildman–Crippen LogP) is 0.290. The first kappa shape index (κ1) is 19.1. The van der Waals surface area contributed by atoms with E-state index in [-0.39, 0.29) is 7.43 Å². The number of nitrogens with zero attached hydrogens (tertiary/aromatic N) is 2. The molecule has 1 aromatic rings. The topological polar surface area (TPSA) is 70.4 Å². The third-order valence-corrected chi connectivity index (χ3v) is 3.68. The van der Waals surface area contributed by atoms with Gasteiger partial charge in [0.15, 0.2) is 0 Å². The maximum atomic E-state index is 5.81. The van der Waals surface area contributed by atoms with Crippen LogP contribution in [0.25, 0.3) is 0 Å². The Morgan fingerprint density at radius 3 is 3.04 bits per heavy atom. The molecule has 0 aliphatic carbocycles. The quantitative estimate of drug-likeness (QED) is 0.474. The fraction of sp³-hybridized carbons (Fsp3) is 0.529. The minimum absolute atomic E-state index is 0. The van der Waals surface area contributed by atoms with Crippen molar-refractivity contribution in [2.45, 2.75) is 7.43 Å². The zero-order valence-electron chi connectivity index (χ0n) is 13.6. The molecule has 1 aliphatic rings. The Balaban J connectivity index is 0.00000264. The van der Waals surface area contributed by atoms with E-state index in [1.165, 1.54) is 0 Å². The second kappa shape index (κ2) is 9.97. The van der Waals surface area contributed by atoms with Crippen LogP contribution >= 0.6 is 0 Å². The van der Waals surface area contributed by atoms with Crippen LogP contribution in [0.5, 0.6) is 5.75 Å². The van der Waals surface area contributed by atoms with Crippen molar-refractivity contribution in [3.05, 3.63) is 30.6 Å². The average molecular weight is 322 g/mol. The van der Waals surface area contributed by atoms with Gasteiger partial charge in [0, 0.05) is 45.0 Å². The summed E-state index contributed by atoms with van der Waals surface area (Å²) in [6.45, 7) is 5.55. The third kappa shape index (κ3) is 6.00. The van der Waals surface area contributed by atoms with E-state index in [2.05, 4.69) is 34.6 Å². The molecule has 0 saturated heterocycles. The lowest BCUT2D eigenvalue weighted by Crippen LogP contribution is -2.72. The van der Waals surface area contributed by atoms with Crippen molar-refractivity contribution < 1.29 is 10.1 Å². The van der Waals surface area contributed by atoms with Gasteiger partial charge in [-0.25, -0.2) is 0 Å². The van der Waals surface area contributed by atoms with E-state index >= 15 is 0 Å². The van der Waals surface area contributed by atoms with Gasteiger partial charge in [0.1, 0.15) is 18.6 Å². The average Bonchev–Trinajstić information content (AvgIpc) is 2.52. The van der Waals surface area contributed by atoms with E-state index in [0.717, 1.165) is 56.5 Å². The van der Waals surface area contributed by atoms with E-state index in [9.17, 15) is 0 Å². The van der Waals surface area contributed by atoms with Gasteiger partial charge in [0.05, 0.1) is 25.5 Å². The standard InChI is InChI=1S/C16H27N5O.CH4/c1-18-5-8-20(2)9-6-19-7-10-21-11-12-22-16-13-14(17)3-4-15(16)21;/h3-5,8,13,18-19H,6-7,9-12,17H2,1-2H3;1H4/p+1/b8-5-;. The molecule has 0 aromatic heterocycles. The summed E-state index contributed by atoms with van der Waals surface area (Å²) in [6.07, 6.45) is 4.14. The molecule has 0 amide bonds. The normalized spacial score (nSPS) is 13.4. The number of fused-ring (bicyclic) bond motifs is 1. The first-order valence-electron chi connectivity index (χ1n) is 7.85. The predicted molar refractivity (Wildman–Crippen MR) is 97.8 cm³/mol. The molecule has 0 saturated carbocycles. The monoisotopic (exact) mass is 322 g/mol. The van der Waals surface area contributed by atoms with Crippen molar-refractivity contribution >= 4 is 11.4 Å². The van der Waals surface area contributed by atoms with Gasteiger partial charge < -0.3 is 30.9 Å². The van der Waals surface area contributed by atoms with Crippen molar-refractivity contribution in [2.75, 3.05) is 64.1 Å². The highest BCUT2D eigenvalue weighted by Gasteiger charge is 2.17. The number of nitrogen functional groups attached to an aromatic ring is 1. The number of hydrogen-bond acceptors (Lipinski definition) is 5. The fourth-order valence-corrected chi connectivity index (χ4v) is 2.43. The van der Waals surface area contributed by atoms with Gasteiger partial charge in [0.25, 0.3) is 0 Å². The molecule has 5 N–H and O–H groups in total. The summed E-state index contributed by atoms with van der Waals surface area (Å²) in [5, 5.41) is 5.52. The van der Waals surface area contributed by atoms with Gasteiger partial charge in [-0.05, 0) is 12.1 Å². The lowest BCUT2D eigenvalue weighted by Gasteiger charge is -2.31. The summed E-state index contributed by atoms with van der Waals surface area (Å²) in [4.78, 5) is 4.53. The SMILES string of the molecule is C.C[NH2+]/C=C\N(C)CCNCCN1CCOc2cc(N)ccc21. The maximum Gasteiger partial charge on any atom is 0.144 e. The maximum absolute atomic E-state index is 5.81. The zero-order valence-corrected chi connectivity index (χ0v) is 13.6. The molecular formula is C17H32N5O+. The first-order valence-corrected chi connectivity index (χ1v) is 7.85. The summed E-state index contributed by atoms with van der Waals surface area (Å²) in [6, 6.07) is 5.88. The number of benzene rings is 1. The van der Waals surface area contributed by atoms with Crippen molar-refractivity contribution in [1.29, 1.82) is 0 Å². The highest BCUT2D eigenvalue weighted by Crippen LogP contribution is 2.32. The van der Waals surface area contributed by atoms with Crippen LogP contribution in [0.1, 0.15) is 7.43 Å². The van der Waals surface area contributed by atoms with Crippen LogP contribution in [-0.4, -0.2) is 58.3 Å². The summed E-state index contributed by atoms with van der Waals surface area (Å²) in [5.74, 6) is 0.895. The number of ether oxygens (including phenoxy) is 1. The van der Waals surface area contributed by atoms with Gasteiger partial charge >= 0.3 is 0 Å². The molecule has 0 unspecified atom stereocenters. The summed E-state index contributed by atoms with van der Waals surface area (Å²) in [7, 11) is 4.11. The van der Waals surface area contributed by atoms with E-state index < -0.39 is 0 Å². The van der Waals surface area contributed by atoms with E-state index in [1.807, 2.05) is 30.6 Å². The van der Waals surface area contributed by atoms with Crippen molar-refractivity contribution in [3.8, 4) is 5.75 Å². The summed E-state index contributed by atoms with van der Waals surface area (Å²) < 4.78 is 5.67. The molecule has 0 fully saturated rings. The van der Waals surface area contributed by atoms with Gasteiger partial charge in [-0.3, -0.25) is 0 Å². The molecule has 6 nitrogen and oxygen atoms in total. The smallest absolute Gasteiger partial charge is 0.144 e. The Morgan fingerprint density at radius 1 is 1.43 bits per heavy atom. The van der Waals surface area contributed by atoms with Crippen LogP contribution in [-0.2, 0) is 0 Å². The Hall–Kier alpha value is -1.92.